The maximum atomic E-state index is 12.5. The maximum absolute atomic E-state index is 12.5. The lowest BCUT2D eigenvalue weighted by Gasteiger charge is -2.18. The van der Waals surface area contributed by atoms with E-state index in [4.69, 9.17) is 27.9 Å². The lowest BCUT2D eigenvalue weighted by atomic mass is 10.1. The van der Waals surface area contributed by atoms with E-state index < -0.39 is 18.4 Å². The summed E-state index contributed by atoms with van der Waals surface area (Å²) in [7, 11) is 2.68. The SMILES string of the molecule is COc1ccc(C(=O)N(C)CC(=O)Nc2ccc(Cl)c(Cl)c2)cc1OC(F)F. The number of hydrogen-bond acceptors (Lipinski definition) is 4. The van der Waals surface area contributed by atoms with E-state index in [2.05, 4.69) is 10.1 Å². The molecule has 2 aromatic rings. The molecule has 0 atom stereocenters. The lowest BCUT2D eigenvalue weighted by molar-refractivity contribution is -0.116. The molecule has 0 aliphatic rings. The predicted octanol–water partition coefficient (Wildman–Crippen LogP) is 4.31. The van der Waals surface area contributed by atoms with Gasteiger partial charge in [-0.05, 0) is 36.4 Å². The summed E-state index contributed by atoms with van der Waals surface area (Å²) < 4.78 is 34.3. The van der Waals surface area contributed by atoms with Gasteiger partial charge in [0.1, 0.15) is 0 Å². The summed E-state index contributed by atoms with van der Waals surface area (Å²) in [6.07, 6.45) is 0. The van der Waals surface area contributed by atoms with Gasteiger partial charge in [-0.2, -0.15) is 8.78 Å². The van der Waals surface area contributed by atoms with Gasteiger partial charge >= 0.3 is 6.61 Å². The van der Waals surface area contributed by atoms with Gasteiger partial charge in [0.25, 0.3) is 5.91 Å². The zero-order valence-electron chi connectivity index (χ0n) is 14.8. The first-order chi connectivity index (χ1) is 13.2. The molecule has 2 rings (SSSR count). The van der Waals surface area contributed by atoms with Crippen molar-refractivity contribution in [3.8, 4) is 11.5 Å². The monoisotopic (exact) mass is 432 g/mol. The molecule has 0 unspecified atom stereocenters. The van der Waals surface area contributed by atoms with E-state index in [1.807, 2.05) is 0 Å². The number of rotatable bonds is 7. The number of amides is 2. The number of methoxy groups -OCH3 is 1. The van der Waals surface area contributed by atoms with Crippen molar-refractivity contribution >= 4 is 40.7 Å². The van der Waals surface area contributed by atoms with Gasteiger partial charge < -0.3 is 19.7 Å². The number of halogens is 4. The van der Waals surface area contributed by atoms with Gasteiger partial charge in [0.15, 0.2) is 11.5 Å². The summed E-state index contributed by atoms with van der Waals surface area (Å²) in [6, 6.07) is 8.39. The second kappa shape index (κ2) is 9.57. The van der Waals surface area contributed by atoms with Crippen LogP contribution in [-0.4, -0.2) is 44.0 Å². The van der Waals surface area contributed by atoms with Crippen LogP contribution in [0.3, 0.4) is 0 Å². The lowest BCUT2D eigenvalue weighted by Crippen LogP contribution is -2.35. The largest absolute Gasteiger partial charge is 0.493 e. The number of hydrogen-bond donors (Lipinski definition) is 1. The standard InChI is InChI=1S/C18H16Cl2F2N2O4/c1-24(9-16(25)23-11-4-5-12(19)13(20)8-11)17(26)10-3-6-14(27-2)15(7-10)28-18(21)22/h3-8,18H,9H2,1-2H3,(H,23,25). The normalized spacial score (nSPS) is 10.5. The number of nitrogens with zero attached hydrogens (tertiary/aromatic N) is 1. The number of carbonyl (C=O) groups is 2. The molecular weight excluding hydrogens is 417 g/mol. The molecule has 150 valence electrons. The van der Waals surface area contributed by atoms with Crippen molar-refractivity contribution in [2.24, 2.45) is 0 Å². The Hall–Kier alpha value is -2.58. The zero-order valence-corrected chi connectivity index (χ0v) is 16.4. The molecule has 0 saturated carbocycles. The van der Waals surface area contributed by atoms with Crippen LogP contribution in [0.15, 0.2) is 36.4 Å². The van der Waals surface area contributed by atoms with Crippen LogP contribution < -0.4 is 14.8 Å². The molecule has 0 heterocycles. The highest BCUT2D eigenvalue weighted by atomic mass is 35.5. The molecule has 10 heteroatoms. The van der Waals surface area contributed by atoms with Crippen molar-refractivity contribution in [2.45, 2.75) is 6.61 Å². The first-order valence-corrected chi connectivity index (χ1v) is 8.60. The van der Waals surface area contributed by atoms with Crippen molar-refractivity contribution in [1.29, 1.82) is 0 Å². The van der Waals surface area contributed by atoms with E-state index in [0.29, 0.717) is 10.7 Å². The van der Waals surface area contributed by atoms with Crippen LogP contribution in [0.5, 0.6) is 11.5 Å². The molecule has 0 radical (unpaired) electrons. The van der Waals surface area contributed by atoms with Crippen LogP contribution in [0.4, 0.5) is 14.5 Å². The molecular formula is C18H16Cl2F2N2O4. The van der Waals surface area contributed by atoms with E-state index >= 15 is 0 Å². The molecule has 0 aromatic heterocycles. The van der Waals surface area contributed by atoms with Gasteiger partial charge in [-0.25, -0.2) is 0 Å². The van der Waals surface area contributed by atoms with Crippen LogP contribution in [0.25, 0.3) is 0 Å². The molecule has 1 N–H and O–H groups in total. The van der Waals surface area contributed by atoms with Crippen LogP contribution in [0.2, 0.25) is 10.0 Å². The number of carbonyl (C=O) groups excluding carboxylic acids is 2. The Morgan fingerprint density at radius 2 is 1.82 bits per heavy atom. The van der Waals surface area contributed by atoms with Gasteiger partial charge in [0.05, 0.1) is 23.7 Å². The summed E-state index contributed by atoms with van der Waals surface area (Å²) in [5.74, 6) is -1.27. The van der Waals surface area contributed by atoms with E-state index in [0.717, 1.165) is 11.0 Å². The molecule has 2 aromatic carbocycles. The van der Waals surface area contributed by atoms with Crippen LogP contribution in [0.1, 0.15) is 10.4 Å². The third-order valence-electron chi connectivity index (χ3n) is 3.56. The van der Waals surface area contributed by atoms with Crippen molar-refractivity contribution in [3.63, 3.8) is 0 Å². The Bertz CT molecular complexity index is 881. The highest BCUT2D eigenvalue weighted by molar-refractivity contribution is 6.42. The average Bonchev–Trinajstić information content (AvgIpc) is 2.63. The Morgan fingerprint density at radius 1 is 1.11 bits per heavy atom. The molecule has 0 aliphatic carbocycles. The van der Waals surface area contributed by atoms with Gasteiger partial charge in [-0.1, -0.05) is 23.2 Å². The second-order valence-corrected chi connectivity index (χ2v) is 6.40. The molecule has 0 aliphatic heterocycles. The highest BCUT2D eigenvalue weighted by Crippen LogP contribution is 2.30. The fraction of sp³-hybridized carbons (Fsp3) is 0.222. The maximum Gasteiger partial charge on any atom is 0.387 e. The van der Waals surface area contributed by atoms with Gasteiger partial charge in [-0.3, -0.25) is 9.59 Å². The zero-order chi connectivity index (χ0) is 20.8. The molecule has 0 fully saturated rings. The second-order valence-electron chi connectivity index (χ2n) is 5.58. The topological polar surface area (TPSA) is 67.9 Å². The minimum absolute atomic E-state index is 0.0527. The summed E-state index contributed by atoms with van der Waals surface area (Å²) in [5, 5.41) is 3.20. The molecule has 0 spiro atoms. The van der Waals surface area contributed by atoms with Crippen molar-refractivity contribution in [1.82, 2.24) is 4.90 Å². The molecule has 0 saturated heterocycles. The number of anilines is 1. The van der Waals surface area contributed by atoms with E-state index in [1.54, 1.807) is 6.07 Å². The predicted molar refractivity (Wildman–Crippen MR) is 102 cm³/mol. The number of alkyl halides is 2. The highest BCUT2D eigenvalue weighted by Gasteiger charge is 2.19. The van der Waals surface area contributed by atoms with Crippen LogP contribution >= 0.6 is 23.2 Å². The van der Waals surface area contributed by atoms with E-state index in [-0.39, 0.29) is 28.6 Å². The van der Waals surface area contributed by atoms with Gasteiger partial charge in [0.2, 0.25) is 5.91 Å². The molecule has 0 bridgehead atoms. The van der Waals surface area contributed by atoms with Crippen LogP contribution in [-0.2, 0) is 4.79 Å². The van der Waals surface area contributed by atoms with Crippen molar-refractivity contribution < 1.29 is 27.8 Å². The molecule has 28 heavy (non-hydrogen) atoms. The Labute approximate surface area is 169 Å². The number of likely N-dealkylation sites (N-methyl/N-ethyl adjacent to an activating group) is 1. The average molecular weight is 433 g/mol. The third kappa shape index (κ3) is 5.71. The smallest absolute Gasteiger partial charge is 0.387 e. The number of benzene rings is 2. The number of ether oxygens (including phenoxy) is 2. The summed E-state index contributed by atoms with van der Waals surface area (Å²) in [6.45, 7) is -3.36. The Morgan fingerprint density at radius 3 is 2.43 bits per heavy atom. The summed E-state index contributed by atoms with van der Waals surface area (Å²) in [5.41, 5.74) is 0.471. The minimum Gasteiger partial charge on any atom is -0.493 e. The fourth-order valence-electron chi connectivity index (χ4n) is 2.28. The number of nitrogens with one attached hydrogen (secondary N) is 1. The Kier molecular flexibility index (Phi) is 7.42. The van der Waals surface area contributed by atoms with Crippen molar-refractivity contribution in [3.05, 3.63) is 52.0 Å². The first-order valence-electron chi connectivity index (χ1n) is 7.84. The van der Waals surface area contributed by atoms with E-state index in [1.165, 1.54) is 38.4 Å². The molecule has 2 amide bonds. The first kappa shape index (κ1) is 21.7. The van der Waals surface area contributed by atoms with Crippen LogP contribution in [0, 0.1) is 0 Å². The minimum atomic E-state index is -3.08. The van der Waals surface area contributed by atoms with Gasteiger partial charge in [-0.15, -0.1) is 0 Å². The quantitative estimate of drug-likeness (QED) is 0.707. The summed E-state index contributed by atoms with van der Waals surface area (Å²) >= 11 is 11.7. The van der Waals surface area contributed by atoms with Crippen molar-refractivity contribution in [2.75, 3.05) is 26.0 Å². The van der Waals surface area contributed by atoms with Gasteiger partial charge in [0, 0.05) is 18.3 Å². The third-order valence-corrected chi connectivity index (χ3v) is 4.30. The fourth-order valence-corrected chi connectivity index (χ4v) is 2.58. The van der Waals surface area contributed by atoms with E-state index in [9.17, 15) is 18.4 Å². The molecule has 6 nitrogen and oxygen atoms in total. The summed E-state index contributed by atoms with van der Waals surface area (Å²) in [4.78, 5) is 25.8. The Balaban J connectivity index is 2.07.